The van der Waals surface area contributed by atoms with Gasteiger partial charge in [-0.15, -0.1) is 11.3 Å². The molecule has 0 fully saturated rings. The molecule has 0 aliphatic carbocycles. The van der Waals surface area contributed by atoms with Crippen molar-refractivity contribution in [3.63, 3.8) is 0 Å². The molecule has 10 heteroatoms. The van der Waals surface area contributed by atoms with Gasteiger partial charge in [0.15, 0.2) is 0 Å². The molecule has 5 nitrogen and oxygen atoms in total. The van der Waals surface area contributed by atoms with Crippen molar-refractivity contribution in [1.29, 1.82) is 0 Å². The molecule has 3 aromatic rings. The van der Waals surface area contributed by atoms with Crippen LogP contribution in [0.15, 0.2) is 45.8 Å². The van der Waals surface area contributed by atoms with Crippen molar-refractivity contribution in [3.05, 3.63) is 52.6 Å². The molecule has 3 rings (SSSR count). The van der Waals surface area contributed by atoms with E-state index in [-0.39, 0.29) is 15.5 Å². The minimum Gasteiger partial charge on any atom is -0.351 e. The average molecular weight is 402 g/mol. The van der Waals surface area contributed by atoms with E-state index in [9.17, 15) is 21.6 Å². The van der Waals surface area contributed by atoms with Gasteiger partial charge in [-0.3, -0.25) is 4.72 Å². The third-order valence-corrected chi connectivity index (χ3v) is 6.29. The van der Waals surface area contributed by atoms with E-state index < -0.39 is 22.0 Å². The van der Waals surface area contributed by atoms with Crippen molar-refractivity contribution in [1.82, 2.24) is 5.16 Å². The van der Waals surface area contributed by atoms with Crippen LogP contribution in [-0.4, -0.2) is 13.6 Å². The fourth-order valence-electron chi connectivity index (χ4n) is 2.27. The Kier molecular flexibility index (Phi) is 4.57. The Morgan fingerprint density at radius 3 is 2.46 bits per heavy atom. The molecule has 1 aromatic carbocycles. The zero-order valence-corrected chi connectivity index (χ0v) is 15.2. The highest BCUT2D eigenvalue weighted by atomic mass is 32.2. The third kappa shape index (κ3) is 3.61. The van der Waals surface area contributed by atoms with E-state index in [2.05, 4.69) is 14.4 Å². The van der Waals surface area contributed by atoms with E-state index in [1.54, 1.807) is 38.1 Å². The number of para-hydroxylation sites is 1. The third-order valence-electron chi connectivity index (χ3n) is 3.59. The summed E-state index contributed by atoms with van der Waals surface area (Å²) in [6.07, 6.45) is -4.65. The summed E-state index contributed by atoms with van der Waals surface area (Å²) < 4.78 is 70.0. The molecule has 0 saturated carbocycles. The van der Waals surface area contributed by atoms with Crippen molar-refractivity contribution >= 4 is 27.0 Å². The fourth-order valence-corrected chi connectivity index (χ4v) is 4.95. The smallest absolute Gasteiger partial charge is 0.351 e. The summed E-state index contributed by atoms with van der Waals surface area (Å²) in [5.41, 5.74) is 1.11. The first kappa shape index (κ1) is 18.5. The highest BCUT2D eigenvalue weighted by Crippen LogP contribution is 2.37. The number of hydrogen-bond donors (Lipinski definition) is 1. The zero-order chi connectivity index (χ0) is 19.1. The van der Waals surface area contributed by atoms with E-state index in [4.69, 9.17) is 0 Å². The highest BCUT2D eigenvalue weighted by Gasteiger charge is 2.36. The van der Waals surface area contributed by atoms with E-state index in [0.29, 0.717) is 10.6 Å². The molecular weight excluding hydrogens is 389 g/mol. The van der Waals surface area contributed by atoms with Crippen LogP contribution < -0.4 is 4.72 Å². The van der Waals surface area contributed by atoms with Crippen molar-refractivity contribution < 1.29 is 26.1 Å². The van der Waals surface area contributed by atoms with Crippen LogP contribution in [0.2, 0.25) is 0 Å². The number of thiophene rings is 1. The second-order valence-corrected chi connectivity index (χ2v) is 8.43. The van der Waals surface area contributed by atoms with Crippen LogP contribution in [0, 0.1) is 13.8 Å². The molecule has 0 aliphatic heterocycles. The molecule has 0 spiro atoms. The molecule has 2 aromatic heterocycles. The average Bonchev–Trinajstić information content (AvgIpc) is 3.15. The molecule has 0 radical (unpaired) electrons. The van der Waals surface area contributed by atoms with Crippen LogP contribution in [0.5, 0.6) is 0 Å². The first-order valence-corrected chi connectivity index (χ1v) is 9.61. The SMILES string of the molecule is Cc1ccccc1NS(=O)(=O)c1cc(-c2cc(C(F)(F)F)on2)sc1C. The summed E-state index contributed by atoms with van der Waals surface area (Å²) >= 11 is 1.02. The normalized spacial score (nSPS) is 12.3. The van der Waals surface area contributed by atoms with Gasteiger partial charge in [0, 0.05) is 10.9 Å². The van der Waals surface area contributed by atoms with Crippen LogP contribution >= 0.6 is 11.3 Å². The van der Waals surface area contributed by atoms with Gasteiger partial charge < -0.3 is 4.52 Å². The molecule has 0 saturated heterocycles. The lowest BCUT2D eigenvalue weighted by Gasteiger charge is -2.09. The largest absolute Gasteiger partial charge is 0.452 e. The molecular formula is C16H13F3N2O3S2. The quantitative estimate of drug-likeness (QED) is 0.678. The highest BCUT2D eigenvalue weighted by molar-refractivity contribution is 7.93. The Morgan fingerprint density at radius 2 is 1.85 bits per heavy atom. The van der Waals surface area contributed by atoms with Crippen molar-refractivity contribution in [3.8, 4) is 10.6 Å². The van der Waals surface area contributed by atoms with Crippen LogP contribution in [0.3, 0.4) is 0 Å². The van der Waals surface area contributed by atoms with E-state index in [0.717, 1.165) is 23.0 Å². The minimum absolute atomic E-state index is 0.0164. The van der Waals surface area contributed by atoms with E-state index in [1.807, 2.05) is 0 Å². The summed E-state index contributed by atoms with van der Waals surface area (Å²) in [5, 5.41) is 3.39. The number of aryl methyl sites for hydroxylation is 2. The molecule has 1 N–H and O–H groups in total. The number of halogens is 3. The number of aromatic nitrogens is 1. The Hall–Kier alpha value is -2.33. The molecule has 0 atom stereocenters. The number of benzene rings is 1. The molecule has 0 amide bonds. The van der Waals surface area contributed by atoms with E-state index >= 15 is 0 Å². The monoisotopic (exact) mass is 402 g/mol. The van der Waals surface area contributed by atoms with E-state index in [1.165, 1.54) is 6.07 Å². The van der Waals surface area contributed by atoms with Gasteiger partial charge in [0.25, 0.3) is 10.0 Å². The van der Waals surface area contributed by atoms with Gasteiger partial charge in [0.05, 0.1) is 10.6 Å². The van der Waals surface area contributed by atoms with Gasteiger partial charge in [-0.1, -0.05) is 23.4 Å². The zero-order valence-electron chi connectivity index (χ0n) is 13.6. The van der Waals surface area contributed by atoms with Crippen LogP contribution in [-0.2, 0) is 16.2 Å². The van der Waals surface area contributed by atoms with Crippen molar-refractivity contribution in [2.75, 3.05) is 4.72 Å². The van der Waals surface area contributed by atoms with Gasteiger partial charge in [0.1, 0.15) is 10.6 Å². The summed E-state index contributed by atoms with van der Waals surface area (Å²) in [6.45, 7) is 3.34. The predicted octanol–water partition coefficient (Wildman–Crippen LogP) is 4.84. The standard InChI is InChI=1S/C16H13F3N2O3S2/c1-9-5-3-4-6-11(9)21-26(22,23)14-8-13(25-10(14)2)12-7-15(24-20-12)16(17,18)19/h3-8,21H,1-2H3. The first-order valence-electron chi connectivity index (χ1n) is 7.31. The number of anilines is 1. The summed E-state index contributed by atoms with van der Waals surface area (Å²) in [6, 6.07) is 8.91. The van der Waals surface area contributed by atoms with Crippen molar-refractivity contribution in [2.45, 2.75) is 24.9 Å². The number of hydrogen-bond acceptors (Lipinski definition) is 5. The van der Waals surface area contributed by atoms with Gasteiger partial charge in [-0.2, -0.15) is 13.2 Å². The maximum atomic E-state index is 12.7. The van der Waals surface area contributed by atoms with Crippen LogP contribution in [0.1, 0.15) is 16.2 Å². The second kappa shape index (κ2) is 6.44. The van der Waals surface area contributed by atoms with Gasteiger partial charge in [-0.05, 0) is 31.5 Å². The van der Waals surface area contributed by atoms with Gasteiger partial charge in [0.2, 0.25) is 5.76 Å². The number of nitrogens with one attached hydrogen (secondary N) is 1. The van der Waals surface area contributed by atoms with Crippen molar-refractivity contribution in [2.24, 2.45) is 0 Å². The Labute approximate surface area is 151 Å². The topological polar surface area (TPSA) is 72.2 Å². The minimum atomic E-state index is -4.65. The Morgan fingerprint density at radius 1 is 1.15 bits per heavy atom. The number of nitrogens with zero attached hydrogens (tertiary/aromatic N) is 1. The molecule has 0 aliphatic rings. The lowest BCUT2D eigenvalue weighted by atomic mass is 10.2. The first-order chi connectivity index (χ1) is 12.1. The summed E-state index contributed by atoms with van der Waals surface area (Å²) in [7, 11) is -3.90. The molecule has 26 heavy (non-hydrogen) atoms. The number of sulfonamides is 1. The van der Waals surface area contributed by atoms with Gasteiger partial charge in [-0.25, -0.2) is 8.42 Å². The number of alkyl halides is 3. The van der Waals surface area contributed by atoms with Crippen LogP contribution in [0.25, 0.3) is 10.6 Å². The lowest BCUT2D eigenvalue weighted by Crippen LogP contribution is -2.13. The fraction of sp³-hybridized carbons (Fsp3) is 0.188. The molecule has 138 valence electrons. The lowest BCUT2D eigenvalue weighted by molar-refractivity contribution is -0.155. The number of rotatable bonds is 4. The van der Waals surface area contributed by atoms with Crippen LogP contribution in [0.4, 0.5) is 18.9 Å². The van der Waals surface area contributed by atoms with Gasteiger partial charge >= 0.3 is 6.18 Å². The summed E-state index contributed by atoms with van der Waals surface area (Å²) in [5.74, 6) is -1.24. The Balaban J connectivity index is 1.95. The molecule has 2 heterocycles. The second-order valence-electron chi connectivity index (χ2n) is 5.53. The predicted molar refractivity (Wildman–Crippen MR) is 91.5 cm³/mol. The maximum absolute atomic E-state index is 12.7. The maximum Gasteiger partial charge on any atom is 0.452 e. The Bertz CT molecular complexity index is 1050. The summed E-state index contributed by atoms with van der Waals surface area (Å²) in [4.78, 5) is 0.682. The molecule has 0 unspecified atom stereocenters. The molecule has 0 bridgehead atoms.